The van der Waals surface area contributed by atoms with Gasteiger partial charge in [-0.3, -0.25) is 0 Å². The van der Waals surface area contributed by atoms with E-state index in [1.807, 2.05) is 11.8 Å². The lowest BCUT2D eigenvalue weighted by atomic mass is 9.93. The smallest absolute Gasteiger partial charge is 0.0178 e. The van der Waals surface area contributed by atoms with Gasteiger partial charge in [0.05, 0.1) is 0 Å². The van der Waals surface area contributed by atoms with E-state index in [2.05, 4.69) is 72.5 Å². The van der Waals surface area contributed by atoms with Gasteiger partial charge < -0.3 is 5.32 Å². The maximum Gasteiger partial charge on any atom is 0.0178 e. The van der Waals surface area contributed by atoms with E-state index >= 15 is 0 Å². The van der Waals surface area contributed by atoms with Gasteiger partial charge in [-0.25, -0.2) is 0 Å². The predicted octanol–water partition coefficient (Wildman–Crippen LogP) is 5.06. The third-order valence-corrected chi connectivity index (χ3v) is 4.29. The maximum absolute atomic E-state index is 3.64. The molecule has 0 aromatic heterocycles. The van der Waals surface area contributed by atoms with E-state index in [-0.39, 0.29) is 5.54 Å². The van der Waals surface area contributed by atoms with Crippen molar-refractivity contribution in [1.29, 1.82) is 0 Å². The zero-order valence-electron chi connectivity index (χ0n) is 12.5. The summed E-state index contributed by atoms with van der Waals surface area (Å²) in [5, 5.41) is 3.64. The Balaban J connectivity index is 2.68. The van der Waals surface area contributed by atoms with Gasteiger partial charge in [-0.05, 0) is 69.2 Å². The number of hydrogen-bond donors (Lipinski definition) is 1. The molecule has 0 heterocycles. The van der Waals surface area contributed by atoms with Crippen LogP contribution in [0.25, 0.3) is 0 Å². The molecule has 0 saturated heterocycles. The molecule has 1 aromatic rings. The molecule has 1 aromatic carbocycles. The molecule has 1 atom stereocenters. The standard InChI is InChI=1S/C16H26BrNS/c1-16(2,3)18-12-14(8-6-10-19-4)13-7-5-9-15(17)11-13/h5,7,9,11,14,18H,6,8,10,12H2,1-4H3. The summed E-state index contributed by atoms with van der Waals surface area (Å²) in [6, 6.07) is 8.74. The van der Waals surface area contributed by atoms with Gasteiger partial charge in [-0.1, -0.05) is 28.1 Å². The van der Waals surface area contributed by atoms with Crippen molar-refractivity contribution in [3.05, 3.63) is 34.3 Å². The summed E-state index contributed by atoms with van der Waals surface area (Å²) in [6.07, 6.45) is 4.71. The number of hydrogen-bond acceptors (Lipinski definition) is 2. The number of benzene rings is 1. The molecule has 19 heavy (non-hydrogen) atoms. The third-order valence-electron chi connectivity index (χ3n) is 3.10. The predicted molar refractivity (Wildman–Crippen MR) is 92.3 cm³/mol. The molecular formula is C16H26BrNS. The van der Waals surface area contributed by atoms with Crippen LogP contribution in [-0.2, 0) is 0 Å². The lowest BCUT2D eigenvalue weighted by Gasteiger charge is -2.26. The van der Waals surface area contributed by atoms with Crippen LogP contribution in [0.4, 0.5) is 0 Å². The summed E-state index contributed by atoms with van der Waals surface area (Å²) in [6.45, 7) is 7.74. The molecule has 0 fully saturated rings. The zero-order chi connectivity index (χ0) is 14.3. The van der Waals surface area contributed by atoms with Crippen LogP contribution in [0.2, 0.25) is 0 Å². The molecule has 0 radical (unpaired) electrons. The molecule has 0 aliphatic carbocycles. The van der Waals surface area contributed by atoms with Gasteiger partial charge in [-0.15, -0.1) is 0 Å². The highest BCUT2D eigenvalue weighted by Gasteiger charge is 2.16. The van der Waals surface area contributed by atoms with Crippen LogP contribution < -0.4 is 5.32 Å². The minimum Gasteiger partial charge on any atom is -0.311 e. The minimum atomic E-state index is 0.184. The lowest BCUT2D eigenvalue weighted by molar-refractivity contribution is 0.398. The van der Waals surface area contributed by atoms with Crippen LogP contribution in [0.15, 0.2) is 28.7 Å². The highest BCUT2D eigenvalue weighted by molar-refractivity contribution is 9.10. The second-order valence-corrected chi connectivity index (χ2v) is 7.92. The molecule has 0 saturated carbocycles. The summed E-state index contributed by atoms with van der Waals surface area (Å²) in [4.78, 5) is 0. The maximum atomic E-state index is 3.64. The van der Waals surface area contributed by atoms with Gasteiger partial charge in [-0.2, -0.15) is 11.8 Å². The molecule has 3 heteroatoms. The summed E-state index contributed by atoms with van der Waals surface area (Å²) in [5.41, 5.74) is 1.62. The number of thioether (sulfide) groups is 1. The van der Waals surface area contributed by atoms with Gasteiger partial charge in [0.2, 0.25) is 0 Å². The largest absolute Gasteiger partial charge is 0.311 e. The zero-order valence-corrected chi connectivity index (χ0v) is 14.9. The van der Waals surface area contributed by atoms with Gasteiger partial charge >= 0.3 is 0 Å². The summed E-state index contributed by atoms with van der Waals surface area (Å²) < 4.78 is 1.18. The normalized spacial score (nSPS) is 13.5. The van der Waals surface area contributed by atoms with Crippen molar-refractivity contribution in [2.24, 2.45) is 0 Å². The van der Waals surface area contributed by atoms with Crippen molar-refractivity contribution in [2.45, 2.75) is 45.1 Å². The summed E-state index contributed by atoms with van der Waals surface area (Å²) >= 11 is 5.51. The van der Waals surface area contributed by atoms with Crippen molar-refractivity contribution in [1.82, 2.24) is 5.32 Å². The molecule has 1 rings (SSSR count). The number of nitrogens with one attached hydrogen (secondary N) is 1. The Morgan fingerprint density at radius 2 is 2.05 bits per heavy atom. The average molecular weight is 344 g/mol. The molecule has 1 nitrogen and oxygen atoms in total. The van der Waals surface area contributed by atoms with Crippen LogP contribution in [0, 0.1) is 0 Å². The summed E-state index contributed by atoms with van der Waals surface area (Å²) in [7, 11) is 0. The van der Waals surface area contributed by atoms with Gasteiger partial charge in [0.15, 0.2) is 0 Å². The molecule has 1 N–H and O–H groups in total. The molecular weight excluding hydrogens is 318 g/mol. The fourth-order valence-corrected chi connectivity index (χ4v) is 2.92. The fourth-order valence-electron chi connectivity index (χ4n) is 2.05. The van der Waals surface area contributed by atoms with Crippen molar-refractivity contribution < 1.29 is 0 Å². The van der Waals surface area contributed by atoms with Crippen LogP contribution in [0.3, 0.4) is 0 Å². The Morgan fingerprint density at radius 3 is 2.63 bits per heavy atom. The molecule has 0 aliphatic heterocycles. The fraction of sp³-hybridized carbons (Fsp3) is 0.625. The highest BCUT2D eigenvalue weighted by Crippen LogP contribution is 2.25. The van der Waals surface area contributed by atoms with Gasteiger partial charge in [0.25, 0.3) is 0 Å². The van der Waals surface area contributed by atoms with E-state index in [0.29, 0.717) is 5.92 Å². The molecule has 1 unspecified atom stereocenters. The topological polar surface area (TPSA) is 12.0 Å². The minimum absolute atomic E-state index is 0.184. The average Bonchev–Trinajstić information content (AvgIpc) is 2.32. The van der Waals surface area contributed by atoms with E-state index in [4.69, 9.17) is 0 Å². The van der Waals surface area contributed by atoms with Crippen LogP contribution >= 0.6 is 27.7 Å². The highest BCUT2D eigenvalue weighted by atomic mass is 79.9. The van der Waals surface area contributed by atoms with E-state index < -0.39 is 0 Å². The van der Waals surface area contributed by atoms with E-state index in [1.54, 1.807) is 0 Å². The lowest BCUT2D eigenvalue weighted by Crippen LogP contribution is -2.38. The van der Waals surface area contributed by atoms with E-state index in [1.165, 1.54) is 28.6 Å². The van der Waals surface area contributed by atoms with E-state index in [0.717, 1.165) is 6.54 Å². The first-order valence-electron chi connectivity index (χ1n) is 6.92. The first kappa shape index (κ1) is 17.1. The molecule has 0 aliphatic rings. The Hall–Kier alpha value is 0.01000. The van der Waals surface area contributed by atoms with Crippen molar-refractivity contribution in [2.75, 3.05) is 18.6 Å². The van der Waals surface area contributed by atoms with Gasteiger partial charge in [0, 0.05) is 16.6 Å². The monoisotopic (exact) mass is 343 g/mol. The second-order valence-electron chi connectivity index (χ2n) is 6.02. The molecule has 0 spiro atoms. The Labute approximate surface area is 131 Å². The van der Waals surface area contributed by atoms with Crippen LogP contribution in [0.5, 0.6) is 0 Å². The summed E-state index contributed by atoms with van der Waals surface area (Å²) in [5.74, 6) is 1.85. The first-order chi connectivity index (χ1) is 8.92. The van der Waals surface area contributed by atoms with Crippen molar-refractivity contribution in [3.63, 3.8) is 0 Å². The Kier molecular flexibility index (Phi) is 7.48. The molecule has 108 valence electrons. The Morgan fingerprint density at radius 1 is 1.32 bits per heavy atom. The third kappa shape index (κ3) is 7.38. The SMILES string of the molecule is CSCCCC(CNC(C)(C)C)c1cccc(Br)c1. The van der Waals surface area contributed by atoms with Gasteiger partial charge in [0.1, 0.15) is 0 Å². The Bertz CT molecular complexity index is 373. The van der Waals surface area contributed by atoms with Crippen molar-refractivity contribution >= 4 is 27.7 Å². The molecule has 0 amide bonds. The number of halogens is 1. The number of rotatable bonds is 7. The molecule has 0 bridgehead atoms. The second kappa shape index (κ2) is 8.33. The quantitative estimate of drug-likeness (QED) is 0.694. The van der Waals surface area contributed by atoms with Crippen molar-refractivity contribution in [3.8, 4) is 0 Å². The van der Waals surface area contributed by atoms with Crippen LogP contribution in [-0.4, -0.2) is 24.1 Å². The van der Waals surface area contributed by atoms with E-state index in [9.17, 15) is 0 Å². The first-order valence-corrected chi connectivity index (χ1v) is 9.10. The van der Waals surface area contributed by atoms with Crippen LogP contribution in [0.1, 0.15) is 45.1 Å².